The molecule has 122 valence electrons. The summed E-state index contributed by atoms with van der Waals surface area (Å²) in [6, 6.07) is 5.98. The van der Waals surface area contributed by atoms with Crippen LogP contribution in [0.15, 0.2) is 29.2 Å². The van der Waals surface area contributed by atoms with Crippen molar-refractivity contribution >= 4 is 27.8 Å². The lowest BCUT2D eigenvalue weighted by molar-refractivity contribution is -0.146. The number of ether oxygens (including phenoxy) is 1. The quantitative estimate of drug-likeness (QED) is 0.893. The Kier molecular flexibility index (Phi) is 5.03. The Hall–Kier alpha value is -1.25. The van der Waals surface area contributed by atoms with Gasteiger partial charge in [-0.1, -0.05) is 0 Å². The average Bonchev–Trinajstić information content (AvgIpc) is 2.70. The van der Waals surface area contributed by atoms with Gasteiger partial charge < -0.3 is 9.84 Å². The summed E-state index contributed by atoms with van der Waals surface area (Å²) in [5.41, 5.74) is -1.44. The number of rotatable bonds is 4. The fourth-order valence-corrected chi connectivity index (χ4v) is 5.34. The van der Waals surface area contributed by atoms with Crippen LogP contribution in [0.4, 0.5) is 0 Å². The number of methoxy groups -OCH3 is 1. The summed E-state index contributed by atoms with van der Waals surface area (Å²) < 4.78 is 31.9. The summed E-state index contributed by atoms with van der Waals surface area (Å²) in [6.07, 6.45) is 0.628. The maximum Gasteiger partial charge on any atom is 0.325 e. The number of carboxylic acid groups (broad SMARTS) is 1. The fraction of sp³-hybridized carbons (Fsp3) is 0.500. The van der Waals surface area contributed by atoms with E-state index in [4.69, 9.17) is 4.74 Å². The van der Waals surface area contributed by atoms with Gasteiger partial charge in [-0.05, 0) is 43.4 Å². The highest BCUT2D eigenvalue weighted by atomic mass is 32.2. The van der Waals surface area contributed by atoms with Crippen molar-refractivity contribution in [1.82, 2.24) is 4.31 Å². The molecule has 2 rings (SSSR count). The summed E-state index contributed by atoms with van der Waals surface area (Å²) in [7, 11) is -2.38. The molecule has 0 saturated carbocycles. The summed E-state index contributed by atoms with van der Waals surface area (Å²) >= 11 is 1.47. The Bertz CT molecular complexity index is 644. The maximum absolute atomic E-state index is 12.9. The molecule has 8 heteroatoms. The highest BCUT2D eigenvalue weighted by Gasteiger charge is 2.47. The van der Waals surface area contributed by atoms with E-state index in [1.807, 2.05) is 0 Å². The second kappa shape index (κ2) is 6.47. The van der Waals surface area contributed by atoms with E-state index < -0.39 is 21.5 Å². The van der Waals surface area contributed by atoms with Crippen molar-refractivity contribution in [1.29, 1.82) is 0 Å². The zero-order valence-corrected chi connectivity index (χ0v) is 14.1. The van der Waals surface area contributed by atoms with E-state index in [-0.39, 0.29) is 17.2 Å². The van der Waals surface area contributed by atoms with Crippen molar-refractivity contribution in [2.45, 2.75) is 23.8 Å². The zero-order chi connectivity index (χ0) is 16.4. The van der Waals surface area contributed by atoms with Crippen molar-refractivity contribution in [2.75, 3.05) is 25.2 Å². The van der Waals surface area contributed by atoms with Crippen LogP contribution in [0.2, 0.25) is 0 Å². The molecule has 0 aliphatic carbocycles. The molecule has 1 aliphatic heterocycles. The molecule has 22 heavy (non-hydrogen) atoms. The van der Waals surface area contributed by atoms with Crippen LogP contribution in [-0.2, 0) is 14.8 Å². The molecule has 1 aliphatic rings. The van der Waals surface area contributed by atoms with E-state index in [9.17, 15) is 18.3 Å². The minimum absolute atomic E-state index is 0.0766. The van der Waals surface area contributed by atoms with Crippen molar-refractivity contribution < 1.29 is 23.1 Å². The molecule has 1 N–H and O–H groups in total. The lowest BCUT2D eigenvalue weighted by Gasteiger charge is -2.34. The molecule has 1 atom stereocenters. The Balaban J connectivity index is 2.45. The smallest absolute Gasteiger partial charge is 0.325 e. The highest BCUT2D eigenvalue weighted by molar-refractivity contribution is 7.99. The minimum atomic E-state index is -3.88. The number of carboxylic acids is 1. The molecule has 1 heterocycles. The Morgan fingerprint density at radius 2 is 2.00 bits per heavy atom. The summed E-state index contributed by atoms with van der Waals surface area (Å²) in [6.45, 7) is 1.67. The molecule has 1 saturated heterocycles. The summed E-state index contributed by atoms with van der Waals surface area (Å²) in [4.78, 5) is 11.8. The second-order valence-corrected chi connectivity index (χ2v) is 8.21. The minimum Gasteiger partial charge on any atom is -0.497 e. The van der Waals surface area contributed by atoms with E-state index in [1.54, 1.807) is 12.1 Å². The SMILES string of the molecule is COc1ccc(S(=O)(=O)N2CCCSC[C@]2(C)C(=O)O)cc1. The fourth-order valence-electron chi connectivity index (χ4n) is 2.33. The molecule has 1 fully saturated rings. The highest BCUT2D eigenvalue weighted by Crippen LogP contribution is 2.32. The first-order chi connectivity index (χ1) is 10.3. The van der Waals surface area contributed by atoms with Crippen LogP contribution >= 0.6 is 11.8 Å². The third kappa shape index (κ3) is 3.09. The van der Waals surface area contributed by atoms with Crippen molar-refractivity contribution in [3.8, 4) is 5.75 Å². The number of sulfonamides is 1. The van der Waals surface area contributed by atoms with Gasteiger partial charge in [-0.15, -0.1) is 0 Å². The normalized spacial score (nSPS) is 23.7. The lowest BCUT2D eigenvalue weighted by Crippen LogP contribution is -2.56. The number of nitrogens with zero attached hydrogens (tertiary/aromatic N) is 1. The largest absolute Gasteiger partial charge is 0.497 e. The predicted molar refractivity (Wildman–Crippen MR) is 84.9 cm³/mol. The van der Waals surface area contributed by atoms with Gasteiger partial charge >= 0.3 is 5.97 Å². The van der Waals surface area contributed by atoms with E-state index in [0.29, 0.717) is 12.2 Å². The van der Waals surface area contributed by atoms with Gasteiger partial charge in [0.2, 0.25) is 10.0 Å². The number of hydrogen-bond donors (Lipinski definition) is 1. The predicted octanol–water partition coefficient (Wildman–Crippen LogP) is 1.67. The first kappa shape index (κ1) is 17.1. The third-order valence-corrected chi connectivity index (χ3v) is 7.07. The molecule has 1 aromatic carbocycles. The molecular weight excluding hydrogens is 326 g/mol. The van der Waals surface area contributed by atoms with Crippen LogP contribution in [0.3, 0.4) is 0 Å². The molecule has 0 spiro atoms. The number of benzene rings is 1. The van der Waals surface area contributed by atoms with Gasteiger partial charge in [0.15, 0.2) is 0 Å². The number of hydrogen-bond acceptors (Lipinski definition) is 5. The summed E-state index contributed by atoms with van der Waals surface area (Å²) in [5.74, 6) is 0.403. The molecule has 0 radical (unpaired) electrons. The van der Waals surface area contributed by atoms with E-state index in [0.717, 1.165) is 10.1 Å². The van der Waals surface area contributed by atoms with Gasteiger partial charge in [-0.3, -0.25) is 4.79 Å². The van der Waals surface area contributed by atoms with Gasteiger partial charge in [0, 0.05) is 12.3 Å². The first-order valence-electron chi connectivity index (χ1n) is 6.80. The van der Waals surface area contributed by atoms with Crippen LogP contribution < -0.4 is 4.74 Å². The molecule has 1 aromatic rings. The topological polar surface area (TPSA) is 83.9 Å². The third-order valence-electron chi connectivity index (χ3n) is 3.69. The second-order valence-electron chi connectivity index (χ2n) is 5.24. The van der Waals surface area contributed by atoms with Gasteiger partial charge in [-0.25, -0.2) is 8.42 Å². The first-order valence-corrected chi connectivity index (χ1v) is 9.40. The monoisotopic (exact) mass is 345 g/mol. The van der Waals surface area contributed by atoms with Crippen LogP contribution in [0, 0.1) is 0 Å². The van der Waals surface area contributed by atoms with Crippen molar-refractivity contribution in [3.63, 3.8) is 0 Å². The van der Waals surface area contributed by atoms with Crippen LogP contribution in [0.1, 0.15) is 13.3 Å². The zero-order valence-electron chi connectivity index (χ0n) is 12.5. The maximum atomic E-state index is 12.9. The summed E-state index contributed by atoms with van der Waals surface area (Å²) in [5, 5.41) is 9.55. The molecule has 0 bridgehead atoms. The van der Waals surface area contributed by atoms with Crippen LogP contribution in [0.25, 0.3) is 0 Å². The van der Waals surface area contributed by atoms with Crippen LogP contribution in [0.5, 0.6) is 5.75 Å². The Labute approximate surface area is 134 Å². The Morgan fingerprint density at radius 3 is 2.55 bits per heavy atom. The molecule has 0 aromatic heterocycles. The molecule has 0 unspecified atom stereocenters. The Morgan fingerprint density at radius 1 is 1.36 bits per heavy atom. The van der Waals surface area contributed by atoms with E-state index >= 15 is 0 Å². The standard InChI is InChI=1S/C14H19NO5S2/c1-14(13(16)17)10-21-9-3-8-15(14)22(18,19)12-6-4-11(20-2)5-7-12/h4-7H,3,8-10H2,1-2H3,(H,16,17)/t14-/m1/s1. The number of carbonyl (C=O) groups is 1. The van der Waals surface area contributed by atoms with E-state index in [2.05, 4.69) is 0 Å². The number of thioether (sulfide) groups is 1. The van der Waals surface area contributed by atoms with Crippen molar-refractivity contribution in [3.05, 3.63) is 24.3 Å². The average molecular weight is 345 g/mol. The van der Waals surface area contributed by atoms with E-state index in [1.165, 1.54) is 37.9 Å². The lowest BCUT2D eigenvalue weighted by atomic mass is 10.1. The van der Waals surface area contributed by atoms with Gasteiger partial charge in [-0.2, -0.15) is 16.1 Å². The van der Waals surface area contributed by atoms with Crippen LogP contribution in [-0.4, -0.2) is 54.5 Å². The van der Waals surface area contributed by atoms with Gasteiger partial charge in [0.05, 0.1) is 12.0 Å². The molecule has 0 amide bonds. The molecular formula is C14H19NO5S2. The van der Waals surface area contributed by atoms with Gasteiger partial charge in [0.25, 0.3) is 0 Å². The molecule has 6 nitrogen and oxygen atoms in total. The number of aliphatic carboxylic acids is 1. The van der Waals surface area contributed by atoms with Crippen molar-refractivity contribution in [2.24, 2.45) is 0 Å². The van der Waals surface area contributed by atoms with Gasteiger partial charge in [0.1, 0.15) is 11.3 Å².